The maximum atomic E-state index is 6.15. The van der Waals surface area contributed by atoms with Gasteiger partial charge in [-0.15, -0.1) is 0 Å². The van der Waals surface area contributed by atoms with Crippen LogP contribution in [-0.4, -0.2) is 43.1 Å². The van der Waals surface area contributed by atoms with Crippen LogP contribution < -0.4 is 10.1 Å². The number of aliphatic imine (C=N–C) groups is 1. The molecule has 2 aliphatic rings. The SMILES string of the molecule is CN=C(NC1CC1)N1CCC(Oc2ccccc2I)CC1. The fourth-order valence-corrected chi connectivity index (χ4v) is 3.13. The Hall–Kier alpha value is -0.980. The lowest BCUT2D eigenvalue weighted by Gasteiger charge is -2.34. The van der Waals surface area contributed by atoms with Gasteiger partial charge < -0.3 is 15.0 Å². The monoisotopic (exact) mass is 399 g/mol. The average molecular weight is 399 g/mol. The van der Waals surface area contributed by atoms with E-state index >= 15 is 0 Å². The number of nitrogens with zero attached hydrogens (tertiary/aromatic N) is 2. The Kier molecular flexibility index (Phi) is 4.87. The van der Waals surface area contributed by atoms with Crippen molar-refractivity contribution in [2.24, 2.45) is 4.99 Å². The second-order valence-electron chi connectivity index (χ2n) is 5.70. The Labute approximate surface area is 140 Å². The normalized spacial score (nSPS) is 20.5. The minimum atomic E-state index is 0.316. The molecular weight excluding hydrogens is 377 g/mol. The number of likely N-dealkylation sites (tertiary alicyclic amines) is 1. The maximum Gasteiger partial charge on any atom is 0.193 e. The van der Waals surface area contributed by atoms with E-state index in [9.17, 15) is 0 Å². The summed E-state index contributed by atoms with van der Waals surface area (Å²) in [5.41, 5.74) is 0. The molecule has 1 aliphatic carbocycles. The van der Waals surface area contributed by atoms with Crippen LogP contribution in [0.4, 0.5) is 0 Å². The van der Waals surface area contributed by atoms with Gasteiger partial charge in [0.2, 0.25) is 0 Å². The third-order valence-electron chi connectivity index (χ3n) is 3.99. The number of ether oxygens (including phenoxy) is 1. The lowest BCUT2D eigenvalue weighted by atomic mass is 10.1. The second-order valence-corrected chi connectivity index (χ2v) is 6.86. The van der Waals surface area contributed by atoms with Crippen molar-refractivity contribution < 1.29 is 4.74 Å². The summed E-state index contributed by atoms with van der Waals surface area (Å²) >= 11 is 2.33. The smallest absolute Gasteiger partial charge is 0.193 e. The van der Waals surface area contributed by atoms with Crippen molar-refractivity contribution in [1.82, 2.24) is 10.2 Å². The first-order chi connectivity index (χ1) is 10.3. The van der Waals surface area contributed by atoms with E-state index in [0.29, 0.717) is 12.1 Å². The molecule has 0 bridgehead atoms. The maximum absolute atomic E-state index is 6.15. The molecule has 1 saturated carbocycles. The minimum absolute atomic E-state index is 0.316. The summed E-state index contributed by atoms with van der Waals surface area (Å²) in [6.45, 7) is 2.03. The highest BCUT2D eigenvalue weighted by atomic mass is 127. The summed E-state index contributed by atoms with van der Waals surface area (Å²) in [7, 11) is 1.87. The number of rotatable bonds is 3. The molecule has 1 saturated heterocycles. The van der Waals surface area contributed by atoms with Crippen LogP contribution in [0, 0.1) is 3.57 Å². The number of nitrogens with one attached hydrogen (secondary N) is 1. The Morgan fingerprint density at radius 2 is 1.95 bits per heavy atom. The minimum Gasteiger partial charge on any atom is -0.489 e. The number of halogens is 1. The van der Waals surface area contributed by atoms with Crippen molar-refractivity contribution >= 4 is 28.6 Å². The summed E-state index contributed by atoms with van der Waals surface area (Å²) in [6, 6.07) is 8.89. The van der Waals surface area contributed by atoms with Gasteiger partial charge in [0, 0.05) is 39.0 Å². The van der Waals surface area contributed by atoms with E-state index in [4.69, 9.17) is 4.74 Å². The molecule has 0 amide bonds. The van der Waals surface area contributed by atoms with Gasteiger partial charge in [-0.05, 0) is 47.6 Å². The summed E-state index contributed by atoms with van der Waals surface area (Å²) in [5, 5.41) is 3.52. The van der Waals surface area contributed by atoms with Crippen LogP contribution in [0.5, 0.6) is 5.75 Å². The lowest BCUT2D eigenvalue weighted by molar-refractivity contribution is 0.128. The van der Waals surface area contributed by atoms with Crippen LogP contribution >= 0.6 is 22.6 Å². The molecule has 0 spiro atoms. The molecule has 1 N–H and O–H groups in total. The van der Waals surface area contributed by atoms with Crippen LogP contribution in [-0.2, 0) is 0 Å². The number of hydrogen-bond donors (Lipinski definition) is 1. The zero-order valence-corrected chi connectivity index (χ0v) is 14.5. The molecule has 0 radical (unpaired) electrons. The Balaban J connectivity index is 1.51. The fourth-order valence-electron chi connectivity index (χ4n) is 2.61. The molecule has 1 aromatic rings. The zero-order valence-electron chi connectivity index (χ0n) is 12.4. The molecular formula is C16H22IN3O. The van der Waals surface area contributed by atoms with E-state index in [-0.39, 0.29) is 0 Å². The first-order valence-electron chi connectivity index (χ1n) is 7.65. The Bertz CT molecular complexity index is 508. The van der Waals surface area contributed by atoms with Gasteiger partial charge in [0.25, 0.3) is 0 Å². The Morgan fingerprint density at radius 1 is 1.24 bits per heavy atom. The van der Waals surface area contributed by atoms with E-state index in [0.717, 1.165) is 37.6 Å². The molecule has 0 atom stereocenters. The highest BCUT2D eigenvalue weighted by Gasteiger charge is 2.27. The van der Waals surface area contributed by atoms with Crippen LogP contribution in [0.15, 0.2) is 29.3 Å². The van der Waals surface area contributed by atoms with Gasteiger partial charge in [-0.1, -0.05) is 12.1 Å². The number of guanidine groups is 1. The first kappa shape index (κ1) is 14.9. The van der Waals surface area contributed by atoms with Crippen molar-refractivity contribution in [3.05, 3.63) is 27.8 Å². The number of hydrogen-bond acceptors (Lipinski definition) is 2. The molecule has 3 rings (SSSR count). The van der Waals surface area contributed by atoms with E-state index in [1.54, 1.807) is 0 Å². The van der Waals surface area contributed by atoms with Gasteiger partial charge in [0.15, 0.2) is 5.96 Å². The third kappa shape index (κ3) is 4.02. The van der Waals surface area contributed by atoms with Gasteiger partial charge >= 0.3 is 0 Å². The number of benzene rings is 1. The molecule has 0 aromatic heterocycles. The van der Waals surface area contributed by atoms with Gasteiger partial charge in [-0.25, -0.2) is 0 Å². The standard InChI is InChI=1S/C16H22IN3O/c1-18-16(19-12-6-7-12)20-10-8-13(9-11-20)21-15-5-3-2-4-14(15)17/h2-5,12-13H,6-11H2,1H3,(H,18,19). The van der Waals surface area contributed by atoms with E-state index in [1.807, 2.05) is 19.2 Å². The van der Waals surface area contributed by atoms with Crippen LogP contribution in [0.25, 0.3) is 0 Å². The van der Waals surface area contributed by atoms with E-state index in [1.165, 1.54) is 16.4 Å². The largest absolute Gasteiger partial charge is 0.489 e. The summed E-state index contributed by atoms with van der Waals surface area (Å²) in [6.07, 6.45) is 4.99. The van der Waals surface area contributed by atoms with Gasteiger partial charge in [-0.2, -0.15) is 0 Å². The van der Waals surface area contributed by atoms with Crippen molar-refractivity contribution in [2.45, 2.75) is 37.8 Å². The second kappa shape index (κ2) is 6.85. The molecule has 0 unspecified atom stereocenters. The van der Waals surface area contributed by atoms with Crippen LogP contribution in [0.2, 0.25) is 0 Å². The van der Waals surface area contributed by atoms with Crippen LogP contribution in [0.1, 0.15) is 25.7 Å². The summed E-state index contributed by atoms with van der Waals surface area (Å²) in [4.78, 5) is 6.76. The first-order valence-corrected chi connectivity index (χ1v) is 8.73. The molecule has 1 aliphatic heterocycles. The van der Waals surface area contributed by atoms with Crippen molar-refractivity contribution in [3.63, 3.8) is 0 Å². The number of piperidine rings is 1. The summed E-state index contributed by atoms with van der Waals surface area (Å²) in [5.74, 6) is 2.07. The van der Waals surface area contributed by atoms with E-state index < -0.39 is 0 Å². The predicted molar refractivity (Wildman–Crippen MR) is 93.9 cm³/mol. The van der Waals surface area contributed by atoms with Gasteiger partial charge in [0.1, 0.15) is 11.9 Å². The lowest BCUT2D eigenvalue weighted by Crippen LogP contribution is -2.48. The summed E-state index contributed by atoms with van der Waals surface area (Å²) < 4.78 is 7.33. The molecule has 21 heavy (non-hydrogen) atoms. The highest BCUT2D eigenvalue weighted by molar-refractivity contribution is 14.1. The quantitative estimate of drug-likeness (QED) is 0.483. The fraction of sp³-hybridized carbons (Fsp3) is 0.562. The predicted octanol–water partition coefficient (Wildman–Crippen LogP) is 2.87. The third-order valence-corrected chi connectivity index (χ3v) is 4.89. The number of para-hydroxylation sites is 1. The van der Waals surface area contributed by atoms with Crippen molar-refractivity contribution in [1.29, 1.82) is 0 Å². The van der Waals surface area contributed by atoms with Gasteiger partial charge in [0.05, 0.1) is 3.57 Å². The van der Waals surface area contributed by atoms with Crippen molar-refractivity contribution in [3.8, 4) is 5.75 Å². The molecule has 1 heterocycles. The van der Waals surface area contributed by atoms with E-state index in [2.05, 4.69) is 49.9 Å². The average Bonchev–Trinajstić information content (AvgIpc) is 3.32. The van der Waals surface area contributed by atoms with Crippen LogP contribution in [0.3, 0.4) is 0 Å². The molecule has 4 nitrogen and oxygen atoms in total. The van der Waals surface area contributed by atoms with Crippen molar-refractivity contribution in [2.75, 3.05) is 20.1 Å². The Morgan fingerprint density at radius 3 is 2.57 bits per heavy atom. The molecule has 5 heteroatoms. The topological polar surface area (TPSA) is 36.9 Å². The molecule has 2 fully saturated rings. The highest BCUT2D eigenvalue weighted by Crippen LogP contribution is 2.25. The zero-order chi connectivity index (χ0) is 14.7. The molecule has 1 aromatic carbocycles. The van der Waals surface area contributed by atoms with Gasteiger partial charge in [-0.3, -0.25) is 4.99 Å². The molecule has 114 valence electrons.